The van der Waals surface area contributed by atoms with Crippen molar-refractivity contribution in [2.75, 3.05) is 6.54 Å². The van der Waals surface area contributed by atoms with E-state index in [2.05, 4.69) is 0 Å². The van der Waals surface area contributed by atoms with Crippen molar-refractivity contribution in [1.82, 2.24) is 4.90 Å². The molecule has 0 radical (unpaired) electrons. The Morgan fingerprint density at radius 1 is 1.38 bits per heavy atom. The maximum atomic E-state index is 13.3. The predicted molar refractivity (Wildman–Crippen MR) is 76.4 cm³/mol. The number of carbonyl (C=O) groups excluding carboxylic acids is 1. The maximum absolute atomic E-state index is 13.3. The molecule has 0 unspecified atom stereocenters. The van der Waals surface area contributed by atoms with Gasteiger partial charge in [0.15, 0.2) is 0 Å². The number of aliphatic hydroxyl groups excluding tert-OH is 1. The van der Waals surface area contributed by atoms with Crippen molar-refractivity contribution < 1.29 is 23.4 Å². The molecule has 21 heavy (non-hydrogen) atoms. The van der Waals surface area contributed by atoms with Crippen LogP contribution >= 0.6 is 0 Å². The monoisotopic (exact) mass is 307 g/mol. The van der Waals surface area contributed by atoms with Gasteiger partial charge in [-0.25, -0.2) is 13.6 Å². The van der Waals surface area contributed by atoms with E-state index < -0.39 is 23.7 Å². The van der Waals surface area contributed by atoms with Gasteiger partial charge in [-0.2, -0.15) is 0 Å². The van der Waals surface area contributed by atoms with E-state index in [-0.39, 0.29) is 31.7 Å². The van der Waals surface area contributed by atoms with Crippen LogP contribution in [0.2, 0.25) is 0 Å². The molecule has 1 saturated carbocycles. The average molecular weight is 307 g/mol. The molecule has 1 aliphatic rings. The predicted octanol–water partition coefficient (Wildman–Crippen LogP) is 3.57. The molecular weight excluding hydrogens is 280 g/mol. The van der Waals surface area contributed by atoms with Gasteiger partial charge >= 0.3 is 6.09 Å². The van der Waals surface area contributed by atoms with Crippen molar-refractivity contribution in [2.45, 2.75) is 83.5 Å². The van der Waals surface area contributed by atoms with Gasteiger partial charge in [-0.3, -0.25) is 0 Å². The van der Waals surface area contributed by atoms with Gasteiger partial charge in [0, 0.05) is 25.4 Å². The molecule has 1 fully saturated rings. The SMILES string of the molecule is C[C@@H](O)CCN(C(=O)OC(C)(C)C)C1CCC(F)(F)CC1. The van der Waals surface area contributed by atoms with Crippen LogP contribution in [0.4, 0.5) is 13.6 Å². The lowest BCUT2D eigenvalue weighted by Crippen LogP contribution is -2.47. The van der Waals surface area contributed by atoms with Crippen LogP contribution in [0, 0.1) is 0 Å². The van der Waals surface area contributed by atoms with Crippen LogP contribution < -0.4 is 0 Å². The van der Waals surface area contributed by atoms with Crippen molar-refractivity contribution in [1.29, 1.82) is 0 Å². The van der Waals surface area contributed by atoms with E-state index in [1.165, 1.54) is 4.90 Å². The summed E-state index contributed by atoms with van der Waals surface area (Å²) in [4.78, 5) is 13.8. The van der Waals surface area contributed by atoms with E-state index in [1.807, 2.05) is 0 Å². The number of hydrogen-bond acceptors (Lipinski definition) is 3. The van der Waals surface area contributed by atoms with Crippen LogP contribution in [0.15, 0.2) is 0 Å². The minimum atomic E-state index is -2.62. The highest BCUT2D eigenvalue weighted by atomic mass is 19.3. The first-order valence-corrected chi connectivity index (χ1v) is 7.56. The van der Waals surface area contributed by atoms with Gasteiger partial charge in [-0.1, -0.05) is 0 Å². The zero-order valence-electron chi connectivity index (χ0n) is 13.4. The Morgan fingerprint density at radius 2 is 1.90 bits per heavy atom. The normalized spacial score (nSPS) is 20.9. The number of amides is 1. The van der Waals surface area contributed by atoms with Crippen LogP contribution in [-0.2, 0) is 4.74 Å². The fourth-order valence-electron chi connectivity index (χ4n) is 2.41. The van der Waals surface area contributed by atoms with Crippen molar-refractivity contribution in [2.24, 2.45) is 0 Å². The second-order valence-corrected chi connectivity index (χ2v) is 6.90. The molecule has 0 bridgehead atoms. The lowest BCUT2D eigenvalue weighted by atomic mass is 9.91. The van der Waals surface area contributed by atoms with Crippen molar-refractivity contribution in [3.63, 3.8) is 0 Å². The van der Waals surface area contributed by atoms with Gasteiger partial charge in [-0.05, 0) is 47.0 Å². The van der Waals surface area contributed by atoms with Crippen molar-refractivity contribution in [3.8, 4) is 0 Å². The van der Waals surface area contributed by atoms with Crippen molar-refractivity contribution in [3.05, 3.63) is 0 Å². The van der Waals surface area contributed by atoms with Crippen LogP contribution in [-0.4, -0.2) is 46.3 Å². The second-order valence-electron chi connectivity index (χ2n) is 6.90. The molecule has 0 aromatic carbocycles. The number of alkyl halides is 2. The highest BCUT2D eigenvalue weighted by molar-refractivity contribution is 5.68. The Labute approximate surface area is 125 Å². The molecule has 1 N–H and O–H groups in total. The summed E-state index contributed by atoms with van der Waals surface area (Å²) in [6.45, 7) is 7.28. The molecule has 1 amide bonds. The number of ether oxygens (including phenoxy) is 1. The molecule has 1 rings (SSSR count). The highest BCUT2D eigenvalue weighted by Crippen LogP contribution is 2.35. The summed E-state index contributed by atoms with van der Waals surface area (Å²) in [6.07, 6.45) is -0.486. The van der Waals surface area contributed by atoms with E-state index in [1.54, 1.807) is 27.7 Å². The summed E-state index contributed by atoms with van der Waals surface area (Å²) in [5.74, 6) is -2.62. The Kier molecular flexibility index (Phi) is 5.96. The lowest BCUT2D eigenvalue weighted by Gasteiger charge is -2.37. The van der Waals surface area contributed by atoms with Gasteiger partial charge in [-0.15, -0.1) is 0 Å². The third kappa shape index (κ3) is 6.59. The van der Waals surface area contributed by atoms with Crippen LogP contribution in [0.5, 0.6) is 0 Å². The molecule has 1 atom stereocenters. The Bertz CT molecular complexity index is 343. The Balaban J connectivity index is 2.70. The fourth-order valence-corrected chi connectivity index (χ4v) is 2.41. The molecule has 0 aliphatic heterocycles. The number of nitrogens with zero attached hydrogens (tertiary/aromatic N) is 1. The van der Waals surface area contributed by atoms with E-state index in [0.29, 0.717) is 13.0 Å². The van der Waals surface area contributed by atoms with Gasteiger partial charge < -0.3 is 14.7 Å². The quantitative estimate of drug-likeness (QED) is 0.864. The number of hydrogen-bond donors (Lipinski definition) is 1. The molecule has 0 spiro atoms. The van der Waals surface area contributed by atoms with Gasteiger partial charge in [0.1, 0.15) is 5.60 Å². The number of carbonyl (C=O) groups is 1. The first kappa shape index (κ1) is 18.1. The summed E-state index contributed by atoms with van der Waals surface area (Å²) in [5, 5.41) is 9.40. The largest absolute Gasteiger partial charge is 0.444 e. The molecule has 0 aromatic heterocycles. The van der Waals surface area contributed by atoms with E-state index in [9.17, 15) is 18.7 Å². The smallest absolute Gasteiger partial charge is 0.410 e. The van der Waals surface area contributed by atoms with Crippen molar-refractivity contribution >= 4 is 6.09 Å². The van der Waals surface area contributed by atoms with Gasteiger partial charge in [0.25, 0.3) is 0 Å². The highest BCUT2D eigenvalue weighted by Gasteiger charge is 2.39. The van der Waals surface area contributed by atoms with Gasteiger partial charge in [0.05, 0.1) is 6.10 Å². The second kappa shape index (κ2) is 6.90. The number of rotatable bonds is 4. The molecular formula is C15H27F2NO3. The number of halogens is 2. The zero-order chi connectivity index (χ0) is 16.3. The zero-order valence-corrected chi connectivity index (χ0v) is 13.4. The fraction of sp³-hybridized carbons (Fsp3) is 0.933. The topological polar surface area (TPSA) is 49.8 Å². The van der Waals surface area contributed by atoms with Gasteiger partial charge in [0.2, 0.25) is 5.92 Å². The van der Waals surface area contributed by atoms with Crippen LogP contribution in [0.25, 0.3) is 0 Å². The number of aliphatic hydroxyl groups is 1. The van der Waals surface area contributed by atoms with E-state index in [0.717, 1.165) is 0 Å². The summed E-state index contributed by atoms with van der Waals surface area (Å²) >= 11 is 0. The minimum absolute atomic E-state index is 0.203. The molecule has 0 saturated heterocycles. The Morgan fingerprint density at radius 3 is 2.33 bits per heavy atom. The molecule has 6 heteroatoms. The lowest BCUT2D eigenvalue weighted by molar-refractivity contribution is -0.0579. The summed E-state index contributed by atoms with van der Waals surface area (Å²) in [7, 11) is 0. The van der Waals surface area contributed by atoms with Crippen LogP contribution in [0.3, 0.4) is 0 Å². The molecule has 4 nitrogen and oxygen atoms in total. The average Bonchev–Trinajstić information content (AvgIpc) is 2.28. The first-order chi connectivity index (χ1) is 9.50. The summed E-state index contributed by atoms with van der Waals surface area (Å²) in [6, 6.07) is -0.238. The summed E-state index contributed by atoms with van der Waals surface area (Å²) < 4.78 is 31.9. The molecule has 0 heterocycles. The molecule has 0 aromatic rings. The third-order valence-corrected chi connectivity index (χ3v) is 3.54. The standard InChI is InChI=1S/C15H27F2NO3/c1-11(19)7-10-18(13(20)21-14(2,3)4)12-5-8-15(16,17)9-6-12/h11-12,19H,5-10H2,1-4H3/t11-/m1/s1. The van der Waals surface area contributed by atoms with Crippen LogP contribution in [0.1, 0.15) is 59.8 Å². The Hall–Kier alpha value is -0.910. The summed E-state index contributed by atoms with van der Waals surface area (Å²) in [5.41, 5.74) is -0.626. The first-order valence-electron chi connectivity index (χ1n) is 7.56. The minimum Gasteiger partial charge on any atom is -0.444 e. The van der Waals surface area contributed by atoms with E-state index in [4.69, 9.17) is 4.74 Å². The van der Waals surface area contributed by atoms with E-state index >= 15 is 0 Å². The molecule has 124 valence electrons. The third-order valence-electron chi connectivity index (χ3n) is 3.54. The molecule has 1 aliphatic carbocycles. The maximum Gasteiger partial charge on any atom is 0.410 e.